The van der Waals surface area contributed by atoms with E-state index in [1.807, 2.05) is 0 Å². The van der Waals surface area contributed by atoms with Gasteiger partial charge in [0.15, 0.2) is 0 Å². The van der Waals surface area contributed by atoms with Crippen LogP contribution in [-0.4, -0.2) is 36.8 Å². The SMILES string of the molecule is NC1CCCN(CC(F)(F)F)C1. The minimum absolute atomic E-state index is 0.0823. The highest BCUT2D eigenvalue weighted by molar-refractivity contribution is 4.76. The molecule has 0 amide bonds. The van der Waals surface area contributed by atoms with Gasteiger partial charge in [-0.3, -0.25) is 4.90 Å². The van der Waals surface area contributed by atoms with E-state index in [1.54, 1.807) is 0 Å². The molecule has 0 saturated carbocycles. The molecule has 1 unspecified atom stereocenters. The minimum atomic E-state index is -4.09. The van der Waals surface area contributed by atoms with Crippen molar-refractivity contribution in [3.05, 3.63) is 0 Å². The zero-order valence-electron chi connectivity index (χ0n) is 6.77. The molecular formula is C7H13F3N2. The number of halogens is 3. The fourth-order valence-electron chi connectivity index (χ4n) is 1.49. The van der Waals surface area contributed by atoms with E-state index >= 15 is 0 Å². The normalized spacial score (nSPS) is 27.5. The molecule has 72 valence electrons. The third-order valence-corrected chi connectivity index (χ3v) is 1.94. The Kier molecular flexibility index (Phi) is 2.95. The smallest absolute Gasteiger partial charge is 0.327 e. The Morgan fingerprint density at radius 2 is 2.08 bits per heavy atom. The van der Waals surface area contributed by atoms with Gasteiger partial charge in [0.1, 0.15) is 0 Å². The second-order valence-electron chi connectivity index (χ2n) is 3.25. The maximum absolute atomic E-state index is 11.9. The van der Waals surface area contributed by atoms with Gasteiger partial charge in [-0.25, -0.2) is 0 Å². The molecule has 1 aliphatic heterocycles. The predicted octanol–water partition coefficient (Wildman–Crippen LogP) is 0.972. The molecule has 0 radical (unpaired) electrons. The Morgan fingerprint density at radius 1 is 1.42 bits per heavy atom. The summed E-state index contributed by atoms with van der Waals surface area (Å²) in [6.45, 7) is 0.0768. The molecule has 1 atom stereocenters. The average Bonchev–Trinajstić information content (AvgIpc) is 1.82. The molecule has 1 fully saturated rings. The first-order chi connectivity index (χ1) is 5.47. The fraction of sp³-hybridized carbons (Fsp3) is 1.00. The van der Waals surface area contributed by atoms with Gasteiger partial charge in [-0.15, -0.1) is 0 Å². The quantitative estimate of drug-likeness (QED) is 0.654. The number of nitrogens with two attached hydrogens (primary N) is 1. The number of hydrogen-bond acceptors (Lipinski definition) is 2. The van der Waals surface area contributed by atoms with E-state index in [0.29, 0.717) is 13.1 Å². The van der Waals surface area contributed by atoms with E-state index in [-0.39, 0.29) is 6.04 Å². The van der Waals surface area contributed by atoms with E-state index in [1.165, 1.54) is 4.90 Å². The van der Waals surface area contributed by atoms with Gasteiger partial charge in [-0.1, -0.05) is 0 Å². The standard InChI is InChI=1S/C7H13F3N2/c8-7(9,10)5-12-3-1-2-6(11)4-12/h6H,1-5,11H2. The topological polar surface area (TPSA) is 29.3 Å². The minimum Gasteiger partial charge on any atom is -0.327 e. The molecule has 0 aromatic carbocycles. The van der Waals surface area contributed by atoms with Crippen molar-refractivity contribution in [3.8, 4) is 0 Å². The van der Waals surface area contributed by atoms with E-state index in [9.17, 15) is 13.2 Å². The zero-order chi connectivity index (χ0) is 9.19. The van der Waals surface area contributed by atoms with Gasteiger partial charge in [-0.05, 0) is 19.4 Å². The van der Waals surface area contributed by atoms with E-state index < -0.39 is 12.7 Å². The van der Waals surface area contributed by atoms with Crippen molar-refractivity contribution in [2.24, 2.45) is 5.73 Å². The first kappa shape index (κ1) is 9.80. The summed E-state index contributed by atoms with van der Waals surface area (Å²) in [5.74, 6) is 0. The molecule has 1 rings (SSSR count). The third-order valence-electron chi connectivity index (χ3n) is 1.94. The molecule has 1 aliphatic rings. The molecule has 2 nitrogen and oxygen atoms in total. The lowest BCUT2D eigenvalue weighted by Gasteiger charge is -2.30. The van der Waals surface area contributed by atoms with Crippen LogP contribution in [0.1, 0.15) is 12.8 Å². The van der Waals surface area contributed by atoms with Crippen molar-refractivity contribution in [3.63, 3.8) is 0 Å². The molecule has 0 aromatic rings. The molecule has 1 heterocycles. The zero-order valence-corrected chi connectivity index (χ0v) is 6.77. The van der Waals surface area contributed by atoms with Crippen LogP contribution in [0.5, 0.6) is 0 Å². The second-order valence-corrected chi connectivity index (χ2v) is 3.25. The molecular weight excluding hydrogens is 169 g/mol. The van der Waals surface area contributed by atoms with E-state index in [4.69, 9.17) is 5.73 Å². The lowest BCUT2D eigenvalue weighted by atomic mass is 10.1. The van der Waals surface area contributed by atoms with Gasteiger partial charge in [0.05, 0.1) is 6.54 Å². The van der Waals surface area contributed by atoms with E-state index in [0.717, 1.165) is 12.8 Å². The van der Waals surface area contributed by atoms with Gasteiger partial charge in [0.2, 0.25) is 0 Å². The van der Waals surface area contributed by atoms with Crippen molar-refractivity contribution >= 4 is 0 Å². The van der Waals surface area contributed by atoms with Crippen LogP contribution in [0, 0.1) is 0 Å². The maximum atomic E-state index is 11.9. The number of rotatable bonds is 1. The summed E-state index contributed by atoms with van der Waals surface area (Å²) >= 11 is 0. The van der Waals surface area contributed by atoms with Crippen LogP contribution in [0.25, 0.3) is 0 Å². The van der Waals surface area contributed by atoms with Crippen LogP contribution in [0.15, 0.2) is 0 Å². The molecule has 0 aromatic heterocycles. The van der Waals surface area contributed by atoms with Crippen molar-refractivity contribution in [2.45, 2.75) is 25.1 Å². The summed E-state index contributed by atoms with van der Waals surface area (Å²) < 4.78 is 35.7. The molecule has 0 aliphatic carbocycles. The van der Waals surface area contributed by atoms with Gasteiger partial charge >= 0.3 is 6.18 Å². The van der Waals surface area contributed by atoms with Crippen LogP contribution in [0.4, 0.5) is 13.2 Å². The van der Waals surface area contributed by atoms with Crippen LogP contribution >= 0.6 is 0 Å². The number of likely N-dealkylation sites (tertiary alicyclic amines) is 1. The van der Waals surface area contributed by atoms with Gasteiger partial charge < -0.3 is 5.73 Å². The van der Waals surface area contributed by atoms with Crippen molar-refractivity contribution in [1.82, 2.24) is 4.90 Å². The fourth-order valence-corrected chi connectivity index (χ4v) is 1.49. The van der Waals surface area contributed by atoms with Crippen molar-refractivity contribution in [1.29, 1.82) is 0 Å². The van der Waals surface area contributed by atoms with Crippen LogP contribution in [0.3, 0.4) is 0 Å². The van der Waals surface area contributed by atoms with Crippen LogP contribution < -0.4 is 5.73 Å². The van der Waals surface area contributed by atoms with E-state index in [2.05, 4.69) is 0 Å². The Morgan fingerprint density at radius 3 is 2.58 bits per heavy atom. The largest absolute Gasteiger partial charge is 0.401 e. The Labute approximate surface area is 69.5 Å². The molecule has 5 heteroatoms. The maximum Gasteiger partial charge on any atom is 0.401 e. The lowest BCUT2D eigenvalue weighted by Crippen LogP contribution is -2.46. The summed E-state index contributed by atoms with van der Waals surface area (Å²) in [4.78, 5) is 1.37. The van der Waals surface area contributed by atoms with Crippen LogP contribution in [-0.2, 0) is 0 Å². The summed E-state index contributed by atoms with van der Waals surface area (Å²) in [5.41, 5.74) is 5.53. The Bertz CT molecular complexity index is 146. The Balaban J connectivity index is 2.32. The molecule has 12 heavy (non-hydrogen) atoms. The summed E-state index contributed by atoms with van der Waals surface area (Å²) in [5, 5.41) is 0. The average molecular weight is 182 g/mol. The first-order valence-corrected chi connectivity index (χ1v) is 4.02. The van der Waals surface area contributed by atoms with Gasteiger partial charge in [0, 0.05) is 12.6 Å². The first-order valence-electron chi connectivity index (χ1n) is 4.02. The molecule has 0 bridgehead atoms. The van der Waals surface area contributed by atoms with Gasteiger partial charge in [-0.2, -0.15) is 13.2 Å². The third kappa shape index (κ3) is 3.40. The predicted molar refractivity (Wildman–Crippen MR) is 39.7 cm³/mol. The monoisotopic (exact) mass is 182 g/mol. The summed E-state index contributed by atoms with van der Waals surface area (Å²) in [7, 11) is 0. The molecule has 1 saturated heterocycles. The Hall–Kier alpha value is -0.290. The highest BCUT2D eigenvalue weighted by Crippen LogP contribution is 2.18. The number of piperidine rings is 1. The molecule has 0 spiro atoms. The highest BCUT2D eigenvalue weighted by atomic mass is 19.4. The van der Waals surface area contributed by atoms with Crippen molar-refractivity contribution < 1.29 is 13.2 Å². The lowest BCUT2D eigenvalue weighted by molar-refractivity contribution is -0.148. The number of hydrogen-bond donors (Lipinski definition) is 1. The second kappa shape index (κ2) is 3.62. The van der Waals surface area contributed by atoms with Gasteiger partial charge in [0.25, 0.3) is 0 Å². The van der Waals surface area contributed by atoms with Crippen molar-refractivity contribution in [2.75, 3.05) is 19.6 Å². The number of nitrogens with zero attached hydrogens (tertiary/aromatic N) is 1. The highest BCUT2D eigenvalue weighted by Gasteiger charge is 2.32. The molecule has 2 N–H and O–H groups in total. The van der Waals surface area contributed by atoms with Crippen LogP contribution in [0.2, 0.25) is 0 Å². The summed E-state index contributed by atoms with van der Waals surface area (Å²) in [6.07, 6.45) is -2.47. The summed E-state index contributed by atoms with van der Waals surface area (Å²) in [6, 6.07) is -0.0823. The number of alkyl halides is 3.